The Hall–Kier alpha value is -1.86. The number of nitro benzene ring substituents is 1. The number of nitrogens with zero attached hydrogens (tertiary/aromatic N) is 1. The van der Waals surface area contributed by atoms with Crippen molar-refractivity contribution >= 4 is 40.6 Å². The first-order chi connectivity index (χ1) is 9.85. The predicted molar refractivity (Wildman–Crippen MR) is 74.9 cm³/mol. The van der Waals surface area contributed by atoms with Crippen LogP contribution in [0, 0.1) is 10.1 Å². The average molecular weight is 336 g/mol. The largest absolute Gasteiger partial charge is 0.479 e. The van der Waals surface area contributed by atoms with E-state index in [9.17, 15) is 19.7 Å². The lowest BCUT2D eigenvalue weighted by atomic mass is 10.3. The number of ketones is 1. The summed E-state index contributed by atoms with van der Waals surface area (Å²) in [7, 11) is 0. The number of hydrogen-bond acceptors (Lipinski definition) is 6. The third-order valence-corrected chi connectivity index (χ3v) is 2.96. The van der Waals surface area contributed by atoms with Gasteiger partial charge in [-0.05, 0) is 6.92 Å². The lowest BCUT2D eigenvalue weighted by Crippen LogP contribution is -2.17. The van der Waals surface area contributed by atoms with Crippen molar-refractivity contribution in [1.82, 2.24) is 0 Å². The van der Waals surface area contributed by atoms with E-state index in [2.05, 4.69) is 4.74 Å². The van der Waals surface area contributed by atoms with Crippen molar-refractivity contribution in [3.05, 3.63) is 32.3 Å². The minimum absolute atomic E-state index is 0.00596. The third kappa shape index (κ3) is 5.20. The lowest BCUT2D eigenvalue weighted by Gasteiger charge is -2.07. The van der Waals surface area contributed by atoms with E-state index in [1.807, 2.05) is 0 Å². The van der Waals surface area contributed by atoms with E-state index in [0.29, 0.717) is 0 Å². The highest BCUT2D eigenvalue weighted by atomic mass is 35.5. The van der Waals surface area contributed by atoms with Gasteiger partial charge in [0, 0.05) is 12.1 Å². The summed E-state index contributed by atoms with van der Waals surface area (Å²) in [4.78, 5) is 32.7. The number of benzene rings is 1. The molecule has 0 unspecified atom stereocenters. The SMILES string of the molecule is CCOC(=O)CC(=O)COc1cc(Cl)c(Cl)cc1[N+](=O)[O-]. The highest BCUT2D eigenvalue weighted by Gasteiger charge is 2.20. The minimum atomic E-state index is -0.715. The molecule has 0 amide bonds. The minimum Gasteiger partial charge on any atom is -0.479 e. The second-order valence-corrected chi connectivity index (χ2v) is 4.61. The molecule has 0 radical (unpaired) electrons. The average Bonchev–Trinajstić information content (AvgIpc) is 2.39. The molecule has 0 aromatic heterocycles. The molecular weight excluding hydrogens is 325 g/mol. The molecule has 0 bridgehead atoms. The van der Waals surface area contributed by atoms with Gasteiger partial charge in [-0.3, -0.25) is 19.7 Å². The van der Waals surface area contributed by atoms with Crippen molar-refractivity contribution in [2.24, 2.45) is 0 Å². The van der Waals surface area contributed by atoms with Crippen LogP contribution in [0.4, 0.5) is 5.69 Å². The van der Waals surface area contributed by atoms with Gasteiger partial charge in [-0.25, -0.2) is 0 Å². The van der Waals surface area contributed by atoms with Crippen LogP contribution >= 0.6 is 23.2 Å². The number of halogens is 2. The Bertz CT molecular complexity index is 575. The summed E-state index contributed by atoms with van der Waals surface area (Å²) < 4.78 is 9.63. The van der Waals surface area contributed by atoms with Crippen LogP contribution in [0.2, 0.25) is 10.0 Å². The summed E-state index contributed by atoms with van der Waals surface area (Å²) in [6.45, 7) is 1.25. The molecule has 0 spiro atoms. The van der Waals surface area contributed by atoms with Gasteiger partial charge >= 0.3 is 11.7 Å². The molecule has 7 nitrogen and oxygen atoms in total. The van der Waals surface area contributed by atoms with Gasteiger partial charge in [-0.2, -0.15) is 0 Å². The Morgan fingerprint density at radius 3 is 2.48 bits per heavy atom. The summed E-state index contributed by atoms with van der Waals surface area (Å²) in [5.74, 6) is -1.46. The monoisotopic (exact) mass is 335 g/mol. The molecule has 1 rings (SSSR count). The highest BCUT2D eigenvalue weighted by Crippen LogP contribution is 2.35. The molecule has 9 heteroatoms. The van der Waals surface area contributed by atoms with Gasteiger partial charge in [0.1, 0.15) is 13.0 Å². The maximum atomic E-state index is 11.5. The van der Waals surface area contributed by atoms with Crippen LogP contribution in [0.3, 0.4) is 0 Å². The number of esters is 1. The number of carbonyl (C=O) groups is 2. The van der Waals surface area contributed by atoms with Gasteiger partial charge in [-0.15, -0.1) is 0 Å². The second kappa shape index (κ2) is 7.80. The van der Waals surface area contributed by atoms with Crippen molar-refractivity contribution in [3.8, 4) is 5.75 Å². The van der Waals surface area contributed by atoms with E-state index in [1.54, 1.807) is 6.92 Å². The van der Waals surface area contributed by atoms with E-state index >= 15 is 0 Å². The van der Waals surface area contributed by atoms with Crippen LogP contribution < -0.4 is 4.74 Å². The molecule has 0 saturated carbocycles. The molecule has 21 heavy (non-hydrogen) atoms. The first kappa shape index (κ1) is 17.2. The smallest absolute Gasteiger partial charge is 0.313 e. The van der Waals surface area contributed by atoms with E-state index < -0.39 is 35.4 Å². The Morgan fingerprint density at radius 2 is 1.90 bits per heavy atom. The molecule has 0 heterocycles. The zero-order valence-corrected chi connectivity index (χ0v) is 12.4. The van der Waals surface area contributed by atoms with Crippen LogP contribution in [-0.2, 0) is 14.3 Å². The maximum Gasteiger partial charge on any atom is 0.313 e. The number of rotatable bonds is 7. The fraction of sp³-hybridized carbons (Fsp3) is 0.333. The molecular formula is C12H11Cl2NO6. The number of carbonyl (C=O) groups excluding carboxylic acids is 2. The summed E-state index contributed by atoms with van der Waals surface area (Å²) in [5.41, 5.74) is -0.423. The quantitative estimate of drug-likeness (QED) is 0.329. The summed E-state index contributed by atoms with van der Waals surface area (Å²) in [5, 5.41) is 10.9. The van der Waals surface area contributed by atoms with Crippen molar-refractivity contribution < 1.29 is 24.0 Å². The summed E-state index contributed by atoms with van der Waals surface area (Å²) in [6.07, 6.45) is -0.469. The number of nitro groups is 1. The van der Waals surface area contributed by atoms with E-state index in [-0.39, 0.29) is 22.4 Å². The molecule has 1 aromatic carbocycles. The highest BCUT2D eigenvalue weighted by molar-refractivity contribution is 6.42. The van der Waals surface area contributed by atoms with Crippen molar-refractivity contribution in [3.63, 3.8) is 0 Å². The number of hydrogen-bond donors (Lipinski definition) is 0. The standard InChI is InChI=1S/C12H11Cl2NO6/c1-2-20-12(17)3-7(16)6-21-11-5-9(14)8(13)4-10(11)15(18)19/h4-5H,2-3,6H2,1H3. The van der Waals surface area contributed by atoms with Crippen LogP contribution in [0.15, 0.2) is 12.1 Å². The van der Waals surface area contributed by atoms with E-state index in [0.717, 1.165) is 12.1 Å². The Balaban J connectivity index is 2.75. The van der Waals surface area contributed by atoms with E-state index in [4.69, 9.17) is 27.9 Å². The molecule has 0 aliphatic carbocycles. The molecule has 0 aliphatic rings. The van der Waals surface area contributed by atoms with Gasteiger partial charge in [0.25, 0.3) is 0 Å². The topological polar surface area (TPSA) is 95.7 Å². The van der Waals surface area contributed by atoms with E-state index in [1.165, 1.54) is 0 Å². The first-order valence-electron chi connectivity index (χ1n) is 5.78. The fourth-order valence-corrected chi connectivity index (χ4v) is 1.67. The molecule has 0 aliphatic heterocycles. The van der Waals surface area contributed by atoms with Gasteiger partial charge in [0.2, 0.25) is 0 Å². The van der Waals surface area contributed by atoms with Crippen molar-refractivity contribution in [1.29, 1.82) is 0 Å². The first-order valence-corrected chi connectivity index (χ1v) is 6.54. The lowest BCUT2D eigenvalue weighted by molar-refractivity contribution is -0.385. The molecule has 1 aromatic rings. The van der Waals surface area contributed by atoms with Crippen molar-refractivity contribution in [2.75, 3.05) is 13.2 Å². The van der Waals surface area contributed by atoms with Crippen LogP contribution in [-0.4, -0.2) is 29.9 Å². The Kier molecular flexibility index (Phi) is 6.39. The Labute approximate surface area is 129 Å². The van der Waals surface area contributed by atoms with Crippen LogP contribution in [0.1, 0.15) is 13.3 Å². The summed E-state index contributed by atoms with van der Waals surface area (Å²) in [6, 6.07) is 2.16. The molecule has 0 N–H and O–H groups in total. The van der Waals surface area contributed by atoms with Gasteiger partial charge in [-0.1, -0.05) is 23.2 Å². The maximum absolute atomic E-state index is 11.5. The third-order valence-electron chi connectivity index (χ3n) is 2.23. The molecule has 0 saturated heterocycles. The van der Waals surface area contributed by atoms with Crippen LogP contribution in [0.25, 0.3) is 0 Å². The zero-order valence-electron chi connectivity index (χ0n) is 10.9. The van der Waals surface area contributed by atoms with Gasteiger partial charge < -0.3 is 9.47 Å². The normalized spacial score (nSPS) is 10.0. The zero-order chi connectivity index (χ0) is 16.0. The van der Waals surface area contributed by atoms with Gasteiger partial charge in [0.05, 0.1) is 21.6 Å². The fourth-order valence-electron chi connectivity index (χ4n) is 1.36. The second-order valence-electron chi connectivity index (χ2n) is 3.80. The number of ether oxygens (including phenoxy) is 2. The predicted octanol–water partition coefficient (Wildman–Crippen LogP) is 2.80. The molecule has 0 atom stereocenters. The van der Waals surface area contributed by atoms with Crippen LogP contribution in [0.5, 0.6) is 5.75 Å². The molecule has 114 valence electrons. The number of Topliss-reactive ketones (excluding diaryl/α,β-unsaturated/α-hetero) is 1. The Morgan fingerprint density at radius 1 is 1.29 bits per heavy atom. The summed E-state index contributed by atoms with van der Waals surface area (Å²) >= 11 is 11.4. The molecule has 0 fully saturated rings. The van der Waals surface area contributed by atoms with Gasteiger partial charge in [0.15, 0.2) is 11.5 Å². The van der Waals surface area contributed by atoms with Crippen molar-refractivity contribution in [2.45, 2.75) is 13.3 Å².